The van der Waals surface area contributed by atoms with Crippen molar-refractivity contribution >= 4 is 5.91 Å². The fraction of sp³-hybridized carbons (Fsp3) is 0.889. The molecule has 1 unspecified atom stereocenters. The Kier molecular flexibility index (Phi) is 2.51. The van der Waals surface area contributed by atoms with Gasteiger partial charge in [0.15, 0.2) is 0 Å². The average molecular weight is 183 g/mol. The lowest BCUT2D eigenvalue weighted by atomic mass is 10.1. The second kappa shape index (κ2) is 3.64. The first-order chi connectivity index (χ1) is 6.27. The van der Waals surface area contributed by atoms with Crippen molar-refractivity contribution in [2.45, 2.75) is 18.9 Å². The molecule has 74 valence electrons. The molecule has 1 atom stereocenters. The number of rotatable bonds is 1. The maximum atomic E-state index is 11.4. The Bertz CT molecular complexity index is 207. The Balaban J connectivity index is 1.95. The fourth-order valence-corrected chi connectivity index (χ4v) is 2.20. The van der Waals surface area contributed by atoms with Crippen molar-refractivity contribution < 1.29 is 4.79 Å². The average Bonchev–Trinajstić information content (AvgIpc) is 2.51. The van der Waals surface area contributed by atoms with Crippen molar-refractivity contribution in [3.8, 4) is 0 Å². The number of hydrogen-bond donors (Lipinski definition) is 1. The van der Waals surface area contributed by atoms with E-state index in [0.29, 0.717) is 12.6 Å². The van der Waals surface area contributed by atoms with E-state index in [0.717, 1.165) is 19.6 Å². The molecule has 2 aliphatic heterocycles. The number of amides is 1. The van der Waals surface area contributed by atoms with Crippen LogP contribution in [-0.2, 0) is 4.79 Å². The maximum absolute atomic E-state index is 11.4. The summed E-state index contributed by atoms with van der Waals surface area (Å²) in [5.74, 6) is 0.264. The second-order valence-corrected chi connectivity index (χ2v) is 4.01. The Morgan fingerprint density at radius 2 is 2.38 bits per heavy atom. The molecule has 2 saturated heterocycles. The molecular formula is C9H17N3O. The van der Waals surface area contributed by atoms with Crippen molar-refractivity contribution in [2.75, 3.05) is 33.4 Å². The molecule has 2 heterocycles. The first-order valence-electron chi connectivity index (χ1n) is 4.96. The van der Waals surface area contributed by atoms with Gasteiger partial charge in [-0.1, -0.05) is 0 Å². The van der Waals surface area contributed by atoms with Gasteiger partial charge in [0.2, 0.25) is 5.91 Å². The van der Waals surface area contributed by atoms with Crippen LogP contribution in [0.4, 0.5) is 0 Å². The Hall–Kier alpha value is -0.610. The van der Waals surface area contributed by atoms with E-state index in [1.807, 2.05) is 4.90 Å². The zero-order valence-electron chi connectivity index (χ0n) is 8.12. The van der Waals surface area contributed by atoms with Gasteiger partial charge in [-0.25, -0.2) is 0 Å². The highest BCUT2D eigenvalue weighted by Crippen LogP contribution is 2.15. The number of hydrogen-bond acceptors (Lipinski definition) is 3. The monoisotopic (exact) mass is 183 g/mol. The van der Waals surface area contributed by atoms with Crippen LogP contribution in [0.5, 0.6) is 0 Å². The summed E-state index contributed by atoms with van der Waals surface area (Å²) in [4.78, 5) is 15.7. The van der Waals surface area contributed by atoms with Gasteiger partial charge in [0, 0.05) is 12.6 Å². The van der Waals surface area contributed by atoms with Gasteiger partial charge in [0.25, 0.3) is 0 Å². The Morgan fingerprint density at radius 1 is 1.54 bits per heavy atom. The van der Waals surface area contributed by atoms with Gasteiger partial charge >= 0.3 is 0 Å². The van der Waals surface area contributed by atoms with E-state index < -0.39 is 0 Å². The van der Waals surface area contributed by atoms with E-state index in [2.05, 4.69) is 17.3 Å². The number of carbonyl (C=O) groups excluding carboxylic acids is 1. The summed E-state index contributed by atoms with van der Waals surface area (Å²) in [5.41, 5.74) is 0. The van der Waals surface area contributed by atoms with E-state index in [4.69, 9.17) is 0 Å². The first-order valence-corrected chi connectivity index (χ1v) is 4.96. The SMILES string of the molecule is CN1CCCC(N2CNCC2=O)C1. The zero-order chi connectivity index (χ0) is 9.26. The molecule has 2 fully saturated rings. The minimum absolute atomic E-state index is 0.264. The van der Waals surface area contributed by atoms with Crippen LogP contribution >= 0.6 is 0 Å². The Morgan fingerprint density at radius 3 is 3.00 bits per heavy atom. The highest BCUT2D eigenvalue weighted by molar-refractivity contribution is 5.80. The number of likely N-dealkylation sites (N-methyl/N-ethyl adjacent to an activating group) is 1. The van der Waals surface area contributed by atoms with Crippen molar-refractivity contribution in [1.29, 1.82) is 0 Å². The van der Waals surface area contributed by atoms with Gasteiger partial charge in [-0.2, -0.15) is 0 Å². The molecule has 2 aliphatic rings. The summed E-state index contributed by atoms with van der Waals surface area (Å²) >= 11 is 0. The molecular weight excluding hydrogens is 166 g/mol. The maximum Gasteiger partial charge on any atom is 0.237 e. The predicted molar refractivity (Wildman–Crippen MR) is 50.2 cm³/mol. The summed E-state index contributed by atoms with van der Waals surface area (Å²) in [6.07, 6.45) is 2.38. The van der Waals surface area contributed by atoms with Crippen LogP contribution in [0.1, 0.15) is 12.8 Å². The van der Waals surface area contributed by atoms with E-state index in [1.54, 1.807) is 0 Å². The highest BCUT2D eigenvalue weighted by atomic mass is 16.2. The quantitative estimate of drug-likeness (QED) is 0.593. The summed E-state index contributed by atoms with van der Waals surface area (Å²) in [7, 11) is 2.13. The standard InChI is InChI=1S/C9H17N3O/c1-11-4-2-3-8(6-11)12-7-10-5-9(12)13/h8,10H,2-7H2,1H3. The number of nitrogens with zero attached hydrogens (tertiary/aromatic N) is 2. The fourth-order valence-electron chi connectivity index (χ4n) is 2.20. The van der Waals surface area contributed by atoms with Crippen molar-refractivity contribution in [1.82, 2.24) is 15.1 Å². The molecule has 0 aliphatic carbocycles. The molecule has 0 spiro atoms. The van der Waals surface area contributed by atoms with Gasteiger partial charge in [-0.3, -0.25) is 10.1 Å². The number of carbonyl (C=O) groups is 1. The molecule has 0 aromatic carbocycles. The van der Waals surface area contributed by atoms with Crippen LogP contribution in [0.15, 0.2) is 0 Å². The van der Waals surface area contributed by atoms with E-state index >= 15 is 0 Å². The normalized spacial score (nSPS) is 31.3. The summed E-state index contributed by atoms with van der Waals surface area (Å²) in [5, 5.41) is 3.09. The van der Waals surface area contributed by atoms with Crippen molar-refractivity contribution in [3.63, 3.8) is 0 Å². The molecule has 1 N–H and O–H groups in total. The molecule has 1 amide bonds. The van der Waals surface area contributed by atoms with Crippen LogP contribution in [0.25, 0.3) is 0 Å². The highest BCUT2D eigenvalue weighted by Gasteiger charge is 2.29. The number of piperidine rings is 1. The first kappa shape index (κ1) is 8.97. The van der Waals surface area contributed by atoms with Gasteiger partial charge < -0.3 is 9.80 Å². The molecule has 0 aromatic heterocycles. The summed E-state index contributed by atoms with van der Waals surface area (Å²) < 4.78 is 0. The predicted octanol–water partition coefficient (Wildman–Crippen LogP) is -0.530. The third-order valence-electron chi connectivity index (χ3n) is 2.92. The number of likely N-dealkylation sites (tertiary alicyclic amines) is 1. The molecule has 13 heavy (non-hydrogen) atoms. The molecule has 2 rings (SSSR count). The van der Waals surface area contributed by atoms with Crippen LogP contribution in [0.2, 0.25) is 0 Å². The topological polar surface area (TPSA) is 35.6 Å². The lowest BCUT2D eigenvalue weighted by Crippen LogP contribution is -2.47. The van der Waals surface area contributed by atoms with Gasteiger partial charge in [0.05, 0.1) is 13.2 Å². The van der Waals surface area contributed by atoms with Crippen LogP contribution in [-0.4, -0.2) is 55.1 Å². The number of nitrogens with one attached hydrogen (secondary N) is 1. The minimum Gasteiger partial charge on any atom is -0.325 e. The van der Waals surface area contributed by atoms with Crippen LogP contribution < -0.4 is 5.32 Å². The molecule has 0 aromatic rings. The van der Waals surface area contributed by atoms with Gasteiger partial charge in [0.1, 0.15) is 0 Å². The van der Waals surface area contributed by atoms with E-state index in [9.17, 15) is 4.79 Å². The molecule has 0 bridgehead atoms. The van der Waals surface area contributed by atoms with Crippen molar-refractivity contribution in [3.05, 3.63) is 0 Å². The van der Waals surface area contributed by atoms with Crippen LogP contribution in [0.3, 0.4) is 0 Å². The summed E-state index contributed by atoms with van der Waals surface area (Å²) in [6, 6.07) is 0.446. The lowest BCUT2D eigenvalue weighted by molar-refractivity contribution is -0.129. The largest absolute Gasteiger partial charge is 0.325 e. The molecule has 0 saturated carbocycles. The van der Waals surface area contributed by atoms with E-state index in [1.165, 1.54) is 13.0 Å². The van der Waals surface area contributed by atoms with Gasteiger partial charge in [-0.15, -0.1) is 0 Å². The molecule has 4 nitrogen and oxygen atoms in total. The third-order valence-corrected chi connectivity index (χ3v) is 2.92. The molecule has 4 heteroatoms. The lowest BCUT2D eigenvalue weighted by Gasteiger charge is -2.35. The van der Waals surface area contributed by atoms with E-state index in [-0.39, 0.29) is 5.91 Å². The smallest absolute Gasteiger partial charge is 0.237 e. The Labute approximate surface area is 78.9 Å². The molecule has 0 radical (unpaired) electrons. The van der Waals surface area contributed by atoms with Crippen molar-refractivity contribution in [2.24, 2.45) is 0 Å². The zero-order valence-corrected chi connectivity index (χ0v) is 8.12. The third kappa shape index (κ3) is 1.84. The second-order valence-electron chi connectivity index (χ2n) is 4.01. The minimum atomic E-state index is 0.264. The van der Waals surface area contributed by atoms with Gasteiger partial charge in [-0.05, 0) is 26.4 Å². The van der Waals surface area contributed by atoms with Crippen LogP contribution in [0, 0.1) is 0 Å². The summed E-state index contributed by atoms with van der Waals surface area (Å²) in [6.45, 7) is 3.48.